The molecule has 0 aromatic heterocycles. The first kappa shape index (κ1) is 21.4. The molecule has 154 valence electrons. The van der Waals surface area contributed by atoms with Crippen LogP contribution in [0.5, 0.6) is 0 Å². The van der Waals surface area contributed by atoms with E-state index in [1.165, 1.54) is 23.9 Å². The minimum atomic E-state index is -1.62. The van der Waals surface area contributed by atoms with Gasteiger partial charge in [-0.05, 0) is 50.3 Å². The lowest BCUT2D eigenvalue weighted by molar-refractivity contribution is -0.117. The van der Waals surface area contributed by atoms with Gasteiger partial charge in [0.1, 0.15) is 11.6 Å². The van der Waals surface area contributed by atoms with Crippen molar-refractivity contribution in [3.05, 3.63) is 59.2 Å². The highest BCUT2D eigenvalue weighted by molar-refractivity contribution is 8.00. The van der Waals surface area contributed by atoms with Crippen LogP contribution in [0.1, 0.15) is 43.0 Å². The number of amides is 1. The fourth-order valence-corrected chi connectivity index (χ4v) is 4.83. The molecule has 3 rings (SSSR count). The van der Waals surface area contributed by atoms with Crippen LogP contribution in [0.3, 0.4) is 0 Å². The number of ketones is 1. The SMILES string of the molecule is CC(=O)CC1CCC(Sc2cc(C(=O)Nc3cc(F)c(F)c(F)c3)ccc2F)C1. The Labute approximate surface area is 169 Å². The second-order valence-electron chi connectivity index (χ2n) is 7.18. The molecule has 8 heteroatoms. The number of carbonyl (C=O) groups excluding carboxylic acids is 2. The van der Waals surface area contributed by atoms with Gasteiger partial charge in [0.15, 0.2) is 17.5 Å². The van der Waals surface area contributed by atoms with Gasteiger partial charge in [-0.15, -0.1) is 11.8 Å². The molecule has 29 heavy (non-hydrogen) atoms. The fourth-order valence-electron chi connectivity index (χ4n) is 3.47. The summed E-state index contributed by atoms with van der Waals surface area (Å²) >= 11 is 1.32. The monoisotopic (exact) mass is 425 g/mol. The van der Waals surface area contributed by atoms with Crippen LogP contribution in [0.4, 0.5) is 23.2 Å². The zero-order chi connectivity index (χ0) is 21.1. The summed E-state index contributed by atoms with van der Waals surface area (Å²) in [6, 6.07) is 5.14. The zero-order valence-corrected chi connectivity index (χ0v) is 16.4. The summed E-state index contributed by atoms with van der Waals surface area (Å²) in [5, 5.41) is 2.43. The van der Waals surface area contributed by atoms with Gasteiger partial charge in [-0.2, -0.15) is 0 Å². The Bertz CT molecular complexity index is 927. The Kier molecular flexibility index (Phi) is 6.62. The van der Waals surface area contributed by atoms with E-state index in [0.717, 1.165) is 25.3 Å². The van der Waals surface area contributed by atoms with Gasteiger partial charge in [0, 0.05) is 39.9 Å². The normalized spacial score (nSPS) is 18.7. The Hall–Kier alpha value is -2.35. The van der Waals surface area contributed by atoms with Gasteiger partial charge in [0.2, 0.25) is 0 Å². The summed E-state index contributed by atoms with van der Waals surface area (Å²) in [7, 11) is 0. The molecule has 2 aromatic rings. The lowest BCUT2D eigenvalue weighted by Gasteiger charge is -2.12. The van der Waals surface area contributed by atoms with Crippen LogP contribution in [-0.4, -0.2) is 16.9 Å². The predicted octanol–water partition coefficient (Wildman–Crippen LogP) is 5.74. The first-order valence-corrected chi connectivity index (χ1v) is 10.0. The maximum Gasteiger partial charge on any atom is 0.255 e. The van der Waals surface area contributed by atoms with Crippen molar-refractivity contribution in [3.63, 3.8) is 0 Å². The number of nitrogens with one attached hydrogen (secondary N) is 1. The van der Waals surface area contributed by atoms with Crippen LogP contribution in [0.15, 0.2) is 35.2 Å². The number of hydrogen-bond acceptors (Lipinski definition) is 3. The van der Waals surface area contributed by atoms with Gasteiger partial charge in [-0.25, -0.2) is 17.6 Å². The number of hydrogen-bond donors (Lipinski definition) is 1. The van der Waals surface area contributed by atoms with E-state index < -0.39 is 29.2 Å². The van der Waals surface area contributed by atoms with E-state index in [2.05, 4.69) is 5.32 Å². The predicted molar refractivity (Wildman–Crippen MR) is 103 cm³/mol. The van der Waals surface area contributed by atoms with Crippen LogP contribution in [0.2, 0.25) is 0 Å². The number of carbonyl (C=O) groups is 2. The summed E-state index contributed by atoms with van der Waals surface area (Å²) in [5.74, 6) is -5.20. The van der Waals surface area contributed by atoms with E-state index in [0.29, 0.717) is 29.4 Å². The summed E-state index contributed by atoms with van der Waals surface area (Å²) in [4.78, 5) is 23.9. The third-order valence-electron chi connectivity index (χ3n) is 4.80. The third kappa shape index (κ3) is 5.38. The Morgan fingerprint density at radius 3 is 2.38 bits per heavy atom. The van der Waals surface area contributed by atoms with Crippen molar-refractivity contribution in [1.29, 1.82) is 0 Å². The van der Waals surface area contributed by atoms with Crippen molar-refractivity contribution >= 4 is 29.1 Å². The van der Waals surface area contributed by atoms with Crippen LogP contribution in [0.25, 0.3) is 0 Å². The molecule has 1 saturated carbocycles. The quantitative estimate of drug-likeness (QED) is 0.475. The number of thioether (sulfide) groups is 1. The summed E-state index contributed by atoms with van der Waals surface area (Å²) in [6.07, 6.45) is 3.08. The third-order valence-corrected chi connectivity index (χ3v) is 6.13. The van der Waals surface area contributed by atoms with E-state index in [1.807, 2.05) is 0 Å². The van der Waals surface area contributed by atoms with Gasteiger partial charge >= 0.3 is 0 Å². The maximum atomic E-state index is 14.2. The lowest BCUT2D eigenvalue weighted by Crippen LogP contribution is -2.13. The lowest BCUT2D eigenvalue weighted by atomic mass is 10.0. The van der Waals surface area contributed by atoms with Gasteiger partial charge in [-0.3, -0.25) is 4.79 Å². The molecule has 2 unspecified atom stereocenters. The van der Waals surface area contributed by atoms with Crippen molar-refractivity contribution in [1.82, 2.24) is 0 Å². The molecule has 1 amide bonds. The standard InChI is InChI=1S/C21H19F4NO2S/c1-11(27)6-12-2-4-15(7-12)29-19-8-13(3-5-16(19)22)21(28)26-14-9-17(23)20(25)18(24)10-14/h3,5,8-10,12,15H,2,4,6-7H2,1H3,(H,26,28). The summed E-state index contributed by atoms with van der Waals surface area (Å²) < 4.78 is 53.9. The summed E-state index contributed by atoms with van der Waals surface area (Å²) in [6.45, 7) is 1.56. The molecule has 0 bridgehead atoms. The van der Waals surface area contributed by atoms with Crippen molar-refractivity contribution in [2.75, 3.05) is 5.32 Å². The molecule has 0 saturated heterocycles. The Morgan fingerprint density at radius 2 is 1.72 bits per heavy atom. The molecule has 3 nitrogen and oxygen atoms in total. The molecule has 0 heterocycles. The molecule has 1 fully saturated rings. The fraction of sp³-hybridized carbons (Fsp3) is 0.333. The Balaban J connectivity index is 1.70. The van der Waals surface area contributed by atoms with Crippen molar-refractivity contribution in [2.45, 2.75) is 42.8 Å². The smallest absolute Gasteiger partial charge is 0.255 e. The highest BCUT2D eigenvalue weighted by Gasteiger charge is 2.27. The molecule has 0 spiro atoms. The molecule has 1 aliphatic rings. The van der Waals surface area contributed by atoms with E-state index in [1.54, 1.807) is 6.92 Å². The highest BCUT2D eigenvalue weighted by Crippen LogP contribution is 2.40. The number of anilines is 1. The van der Waals surface area contributed by atoms with Gasteiger partial charge in [-0.1, -0.05) is 0 Å². The van der Waals surface area contributed by atoms with Crippen molar-refractivity contribution in [2.24, 2.45) is 5.92 Å². The Morgan fingerprint density at radius 1 is 1.03 bits per heavy atom. The maximum absolute atomic E-state index is 14.2. The molecule has 1 aliphatic carbocycles. The average Bonchev–Trinajstić information content (AvgIpc) is 3.07. The number of Topliss-reactive ketones (excluding diaryl/α,β-unsaturated/α-hetero) is 1. The molecule has 0 aliphatic heterocycles. The van der Waals surface area contributed by atoms with E-state index in [-0.39, 0.29) is 22.3 Å². The zero-order valence-electron chi connectivity index (χ0n) is 15.6. The first-order valence-electron chi connectivity index (χ1n) is 9.14. The van der Waals surface area contributed by atoms with Crippen LogP contribution in [0, 0.1) is 29.2 Å². The topological polar surface area (TPSA) is 46.2 Å². The van der Waals surface area contributed by atoms with Crippen LogP contribution in [-0.2, 0) is 4.79 Å². The van der Waals surface area contributed by atoms with Gasteiger partial charge in [0.05, 0.1) is 0 Å². The van der Waals surface area contributed by atoms with E-state index in [9.17, 15) is 27.2 Å². The number of rotatable bonds is 6. The second kappa shape index (κ2) is 8.98. The molecule has 2 atom stereocenters. The summed E-state index contributed by atoms with van der Waals surface area (Å²) in [5.41, 5.74) is -0.134. The van der Waals surface area contributed by atoms with Crippen LogP contribution < -0.4 is 5.32 Å². The molecule has 2 aromatic carbocycles. The van der Waals surface area contributed by atoms with Crippen molar-refractivity contribution < 1.29 is 27.2 Å². The molecular weight excluding hydrogens is 406 g/mol. The van der Waals surface area contributed by atoms with Gasteiger partial charge in [0.25, 0.3) is 5.91 Å². The number of halogens is 4. The number of benzene rings is 2. The van der Waals surface area contributed by atoms with E-state index in [4.69, 9.17) is 0 Å². The largest absolute Gasteiger partial charge is 0.322 e. The van der Waals surface area contributed by atoms with Crippen molar-refractivity contribution in [3.8, 4) is 0 Å². The second-order valence-corrected chi connectivity index (χ2v) is 8.52. The molecule has 1 N–H and O–H groups in total. The average molecular weight is 425 g/mol. The van der Waals surface area contributed by atoms with Gasteiger partial charge < -0.3 is 10.1 Å². The minimum absolute atomic E-state index is 0.109. The highest BCUT2D eigenvalue weighted by atomic mass is 32.2. The van der Waals surface area contributed by atoms with E-state index >= 15 is 0 Å². The molecular formula is C21H19F4NO2S. The molecule has 0 radical (unpaired) electrons. The first-order chi connectivity index (χ1) is 13.7. The van der Waals surface area contributed by atoms with Crippen LogP contribution >= 0.6 is 11.8 Å². The minimum Gasteiger partial charge on any atom is -0.322 e.